The summed E-state index contributed by atoms with van der Waals surface area (Å²) in [6.45, 7) is 3.61. The number of nitrogens with zero attached hydrogens (tertiary/aromatic N) is 1. The van der Waals surface area contributed by atoms with Crippen molar-refractivity contribution in [3.05, 3.63) is 23.8 Å². The van der Waals surface area contributed by atoms with Crippen LogP contribution < -0.4 is 15.2 Å². The summed E-state index contributed by atoms with van der Waals surface area (Å²) < 4.78 is 10.8. The van der Waals surface area contributed by atoms with Gasteiger partial charge in [-0.1, -0.05) is 25.3 Å². The first-order valence-corrected chi connectivity index (χ1v) is 7.70. The van der Waals surface area contributed by atoms with Gasteiger partial charge in [-0.05, 0) is 43.6 Å². The quantitative estimate of drug-likeness (QED) is 0.922. The van der Waals surface area contributed by atoms with E-state index in [1.807, 2.05) is 12.1 Å². The van der Waals surface area contributed by atoms with Crippen molar-refractivity contribution < 1.29 is 9.47 Å². The van der Waals surface area contributed by atoms with Gasteiger partial charge in [0.2, 0.25) is 6.79 Å². The van der Waals surface area contributed by atoms with Crippen molar-refractivity contribution in [2.75, 3.05) is 26.4 Å². The van der Waals surface area contributed by atoms with Crippen molar-refractivity contribution in [2.45, 2.75) is 38.1 Å². The van der Waals surface area contributed by atoms with Crippen LogP contribution in [0, 0.1) is 0 Å². The molecule has 0 saturated carbocycles. The summed E-state index contributed by atoms with van der Waals surface area (Å²) in [4.78, 5) is 2.51. The Morgan fingerprint density at radius 3 is 2.50 bits per heavy atom. The van der Waals surface area contributed by atoms with E-state index in [2.05, 4.69) is 11.0 Å². The number of benzene rings is 1. The van der Waals surface area contributed by atoms with Gasteiger partial charge in [0.05, 0.1) is 0 Å². The van der Waals surface area contributed by atoms with Crippen LogP contribution in [0.4, 0.5) is 0 Å². The summed E-state index contributed by atoms with van der Waals surface area (Å²) in [6.07, 6.45) is 6.70. The van der Waals surface area contributed by atoms with Gasteiger partial charge in [-0.15, -0.1) is 0 Å². The number of likely N-dealkylation sites (tertiary alicyclic amines) is 1. The fourth-order valence-corrected chi connectivity index (χ4v) is 3.02. The lowest BCUT2D eigenvalue weighted by Crippen LogP contribution is -2.34. The van der Waals surface area contributed by atoms with E-state index < -0.39 is 0 Å². The molecule has 2 aliphatic rings. The maximum absolute atomic E-state index is 6.37. The fourth-order valence-electron chi connectivity index (χ4n) is 3.02. The molecule has 1 aromatic carbocycles. The average Bonchev–Trinajstić information content (AvgIpc) is 2.88. The van der Waals surface area contributed by atoms with Crippen molar-refractivity contribution in [3.8, 4) is 11.5 Å². The van der Waals surface area contributed by atoms with Crippen LogP contribution in [0.1, 0.15) is 43.7 Å². The van der Waals surface area contributed by atoms with E-state index in [0.29, 0.717) is 6.79 Å². The Labute approximate surface area is 120 Å². The van der Waals surface area contributed by atoms with Crippen LogP contribution in [0.3, 0.4) is 0 Å². The van der Waals surface area contributed by atoms with E-state index in [9.17, 15) is 0 Å². The SMILES string of the molecule is NC(CN1CCCCCCC1)c1ccc2c(c1)OCO2. The Morgan fingerprint density at radius 2 is 1.70 bits per heavy atom. The van der Waals surface area contributed by atoms with Crippen molar-refractivity contribution in [2.24, 2.45) is 5.73 Å². The minimum Gasteiger partial charge on any atom is -0.454 e. The zero-order chi connectivity index (χ0) is 13.8. The molecule has 1 saturated heterocycles. The zero-order valence-electron chi connectivity index (χ0n) is 12.0. The number of hydrogen-bond donors (Lipinski definition) is 1. The Hall–Kier alpha value is -1.26. The highest BCUT2D eigenvalue weighted by atomic mass is 16.7. The van der Waals surface area contributed by atoms with Crippen LogP contribution in [0.15, 0.2) is 18.2 Å². The van der Waals surface area contributed by atoms with Crippen molar-refractivity contribution in [1.29, 1.82) is 0 Å². The molecule has 110 valence electrons. The van der Waals surface area contributed by atoms with E-state index in [1.54, 1.807) is 0 Å². The minimum absolute atomic E-state index is 0.0453. The maximum atomic E-state index is 6.37. The van der Waals surface area contributed by atoms with Gasteiger partial charge in [-0.25, -0.2) is 0 Å². The second-order valence-electron chi connectivity index (χ2n) is 5.79. The number of hydrogen-bond acceptors (Lipinski definition) is 4. The van der Waals surface area contributed by atoms with Gasteiger partial charge in [-0.3, -0.25) is 0 Å². The standard InChI is InChI=1S/C16H24N2O2/c17-14(11-18-8-4-2-1-3-5-9-18)13-6-7-15-16(10-13)20-12-19-15/h6-7,10,14H,1-5,8-9,11-12,17H2. The molecule has 3 rings (SSSR count). The first-order chi connectivity index (χ1) is 9.83. The molecule has 0 aliphatic carbocycles. The van der Waals surface area contributed by atoms with Crippen LogP contribution in [-0.4, -0.2) is 31.3 Å². The highest BCUT2D eigenvalue weighted by molar-refractivity contribution is 5.45. The molecule has 1 unspecified atom stereocenters. The van der Waals surface area contributed by atoms with Crippen molar-refractivity contribution in [3.63, 3.8) is 0 Å². The summed E-state index contributed by atoms with van der Waals surface area (Å²) in [5.74, 6) is 1.65. The van der Waals surface area contributed by atoms with Gasteiger partial charge in [-0.2, -0.15) is 0 Å². The smallest absolute Gasteiger partial charge is 0.231 e. The lowest BCUT2D eigenvalue weighted by Gasteiger charge is -2.27. The number of ether oxygens (including phenoxy) is 2. The molecule has 1 fully saturated rings. The summed E-state index contributed by atoms with van der Waals surface area (Å²) in [6, 6.07) is 6.09. The Bertz CT molecular complexity index is 442. The predicted molar refractivity (Wildman–Crippen MR) is 79.0 cm³/mol. The third-order valence-corrected chi connectivity index (χ3v) is 4.23. The molecule has 0 spiro atoms. The van der Waals surface area contributed by atoms with Crippen LogP contribution in [0.25, 0.3) is 0 Å². The van der Waals surface area contributed by atoms with Crippen LogP contribution >= 0.6 is 0 Å². The zero-order valence-corrected chi connectivity index (χ0v) is 12.0. The molecule has 1 atom stereocenters. The minimum atomic E-state index is 0.0453. The molecule has 2 aliphatic heterocycles. The van der Waals surface area contributed by atoms with Gasteiger partial charge in [0.15, 0.2) is 11.5 Å². The monoisotopic (exact) mass is 276 g/mol. The second kappa shape index (κ2) is 6.46. The Kier molecular flexibility index (Phi) is 4.43. The molecule has 1 aromatic rings. The second-order valence-corrected chi connectivity index (χ2v) is 5.79. The lowest BCUT2D eigenvalue weighted by molar-refractivity contribution is 0.174. The topological polar surface area (TPSA) is 47.7 Å². The lowest BCUT2D eigenvalue weighted by atomic mass is 10.0. The number of nitrogens with two attached hydrogens (primary N) is 1. The summed E-state index contributed by atoms with van der Waals surface area (Å²) >= 11 is 0. The van der Waals surface area contributed by atoms with Gasteiger partial charge < -0.3 is 20.1 Å². The van der Waals surface area contributed by atoms with E-state index in [-0.39, 0.29) is 6.04 Å². The molecule has 4 nitrogen and oxygen atoms in total. The molecule has 0 radical (unpaired) electrons. The molecular formula is C16H24N2O2. The molecular weight excluding hydrogens is 252 g/mol. The molecule has 2 N–H and O–H groups in total. The normalized spacial score (nSPS) is 21.2. The predicted octanol–water partition coefficient (Wildman–Crippen LogP) is 2.68. The van der Waals surface area contributed by atoms with E-state index in [1.165, 1.54) is 45.2 Å². The molecule has 2 heterocycles. The summed E-state index contributed by atoms with van der Waals surface area (Å²) in [5.41, 5.74) is 7.51. The van der Waals surface area contributed by atoms with Crippen LogP contribution in [0.2, 0.25) is 0 Å². The van der Waals surface area contributed by atoms with Gasteiger partial charge in [0.25, 0.3) is 0 Å². The number of rotatable bonds is 3. The van der Waals surface area contributed by atoms with Crippen molar-refractivity contribution >= 4 is 0 Å². The molecule has 20 heavy (non-hydrogen) atoms. The van der Waals surface area contributed by atoms with Gasteiger partial charge in [0.1, 0.15) is 0 Å². The molecule has 0 aromatic heterocycles. The van der Waals surface area contributed by atoms with E-state index in [4.69, 9.17) is 15.2 Å². The van der Waals surface area contributed by atoms with Gasteiger partial charge >= 0.3 is 0 Å². The van der Waals surface area contributed by atoms with E-state index in [0.717, 1.165) is 23.6 Å². The van der Waals surface area contributed by atoms with Gasteiger partial charge in [0, 0.05) is 12.6 Å². The molecule has 0 bridgehead atoms. The summed E-state index contributed by atoms with van der Waals surface area (Å²) in [7, 11) is 0. The Morgan fingerprint density at radius 1 is 1.00 bits per heavy atom. The highest BCUT2D eigenvalue weighted by Gasteiger charge is 2.18. The average molecular weight is 276 g/mol. The molecule has 4 heteroatoms. The largest absolute Gasteiger partial charge is 0.454 e. The number of fused-ring (bicyclic) bond motifs is 1. The van der Waals surface area contributed by atoms with E-state index >= 15 is 0 Å². The first-order valence-electron chi connectivity index (χ1n) is 7.70. The third-order valence-electron chi connectivity index (χ3n) is 4.23. The van der Waals surface area contributed by atoms with Crippen LogP contribution in [0.5, 0.6) is 11.5 Å². The van der Waals surface area contributed by atoms with Crippen molar-refractivity contribution in [1.82, 2.24) is 4.90 Å². The Balaban J connectivity index is 1.61. The summed E-state index contributed by atoms with van der Waals surface area (Å²) in [5, 5.41) is 0. The molecule has 0 amide bonds. The highest BCUT2D eigenvalue weighted by Crippen LogP contribution is 2.34. The third kappa shape index (κ3) is 3.25. The fraction of sp³-hybridized carbons (Fsp3) is 0.625. The maximum Gasteiger partial charge on any atom is 0.231 e. The van der Waals surface area contributed by atoms with Crippen LogP contribution in [-0.2, 0) is 0 Å². The first kappa shape index (κ1) is 13.7.